The quantitative estimate of drug-likeness (QED) is 0.229. The summed E-state index contributed by atoms with van der Waals surface area (Å²) in [6.07, 6.45) is 0. The number of carboxylic acids is 1. The number of oxime groups is 1. The Morgan fingerprint density at radius 3 is 2.82 bits per heavy atom. The average molecular weight is 428 g/mol. The number of β-lactam (4-membered cyclic amide) rings is 1. The summed E-state index contributed by atoms with van der Waals surface area (Å²) in [7, 11) is 0. The Balaban J connectivity index is 1.79. The van der Waals surface area contributed by atoms with Gasteiger partial charge in [-0.1, -0.05) is 5.16 Å². The molecule has 0 aromatic carbocycles. The maximum Gasteiger partial charge on any atom is 0.352 e. The SMILES string of the molecule is CCO/N=C(\C(=O)N[C@@H]1C(=O)N2C(C(=O)O)=C(CO)CS[C@@H]12)c1nsc(N)n1. The van der Waals surface area contributed by atoms with E-state index in [1.54, 1.807) is 6.92 Å². The number of hydrogen-bond donors (Lipinski definition) is 4. The molecule has 14 heteroatoms. The Labute approximate surface area is 166 Å². The number of aliphatic hydroxyl groups is 1. The molecule has 0 radical (unpaired) electrons. The van der Waals surface area contributed by atoms with Gasteiger partial charge in [-0.2, -0.15) is 9.36 Å². The minimum Gasteiger partial charge on any atom is -0.477 e. The first kappa shape index (κ1) is 20.0. The summed E-state index contributed by atoms with van der Waals surface area (Å²) in [5, 5.41) is 24.4. The molecule has 0 saturated carbocycles. The van der Waals surface area contributed by atoms with Gasteiger partial charge in [0.25, 0.3) is 11.8 Å². The number of fused-ring (bicyclic) bond motifs is 1. The van der Waals surface area contributed by atoms with E-state index in [2.05, 4.69) is 19.8 Å². The van der Waals surface area contributed by atoms with Crippen LogP contribution in [-0.2, 0) is 19.2 Å². The van der Waals surface area contributed by atoms with E-state index < -0.39 is 35.8 Å². The average Bonchev–Trinajstić information content (AvgIpc) is 3.10. The van der Waals surface area contributed by atoms with Crippen LogP contribution in [-0.4, -0.2) is 78.3 Å². The van der Waals surface area contributed by atoms with E-state index in [0.29, 0.717) is 0 Å². The summed E-state index contributed by atoms with van der Waals surface area (Å²) >= 11 is 2.11. The molecule has 28 heavy (non-hydrogen) atoms. The van der Waals surface area contributed by atoms with E-state index >= 15 is 0 Å². The summed E-state index contributed by atoms with van der Waals surface area (Å²) < 4.78 is 3.92. The lowest BCUT2D eigenvalue weighted by molar-refractivity contribution is -0.150. The number of thioether (sulfide) groups is 1. The Hall–Kier alpha value is -2.71. The Morgan fingerprint density at radius 2 is 2.25 bits per heavy atom. The largest absolute Gasteiger partial charge is 0.477 e. The van der Waals surface area contributed by atoms with Gasteiger partial charge in [-0.3, -0.25) is 14.5 Å². The number of nitrogens with two attached hydrogens (primary N) is 1. The van der Waals surface area contributed by atoms with E-state index in [9.17, 15) is 24.6 Å². The Morgan fingerprint density at radius 1 is 1.50 bits per heavy atom. The monoisotopic (exact) mass is 428 g/mol. The third-order valence-electron chi connectivity index (χ3n) is 3.88. The van der Waals surface area contributed by atoms with Crippen LogP contribution < -0.4 is 11.1 Å². The third kappa shape index (κ3) is 3.53. The summed E-state index contributed by atoms with van der Waals surface area (Å²) in [5.41, 5.74) is 5.28. The number of aliphatic hydroxyl groups excluding tert-OH is 1. The van der Waals surface area contributed by atoms with Crippen LogP contribution >= 0.6 is 23.3 Å². The van der Waals surface area contributed by atoms with E-state index in [1.807, 2.05) is 0 Å². The zero-order valence-electron chi connectivity index (χ0n) is 14.5. The highest BCUT2D eigenvalue weighted by atomic mass is 32.2. The normalized spacial score (nSPS) is 21.9. The predicted molar refractivity (Wildman–Crippen MR) is 99.3 cm³/mol. The van der Waals surface area contributed by atoms with Crippen LogP contribution in [0.2, 0.25) is 0 Å². The number of hydrogen-bond acceptors (Lipinski definition) is 11. The molecule has 2 aliphatic heterocycles. The first-order valence-corrected chi connectivity index (χ1v) is 9.82. The summed E-state index contributed by atoms with van der Waals surface area (Å²) in [6.45, 7) is 1.40. The first-order valence-electron chi connectivity index (χ1n) is 8.00. The van der Waals surface area contributed by atoms with Gasteiger partial charge in [-0.05, 0) is 12.5 Å². The minimum atomic E-state index is -1.31. The van der Waals surface area contributed by atoms with Crippen molar-refractivity contribution < 1.29 is 29.4 Å². The highest BCUT2D eigenvalue weighted by molar-refractivity contribution is 8.00. The van der Waals surface area contributed by atoms with Crippen molar-refractivity contribution in [2.45, 2.75) is 18.3 Å². The number of anilines is 1. The molecule has 2 atom stereocenters. The number of amides is 2. The third-order valence-corrected chi connectivity index (χ3v) is 5.76. The van der Waals surface area contributed by atoms with Crippen LogP contribution in [0.3, 0.4) is 0 Å². The van der Waals surface area contributed by atoms with Crippen molar-refractivity contribution in [2.75, 3.05) is 24.7 Å². The number of nitrogens with one attached hydrogen (secondary N) is 1. The summed E-state index contributed by atoms with van der Waals surface area (Å²) in [4.78, 5) is 46.5. The number of carbonyl (C=O) groups excluding carboxylic acids is 2. The summed E-state index contributed by atoms with van der Waals surface area (Å²) in [6, 6.07) is -0.963. The predicted octanol–water partition coefficient (Wildman–Crippen LogP) is -1.41. The van der Waals surface area contributed by atoms with Crippen LogP contribution in [0.15, 0.2) is 16.4 Å². The molecule has 2 amide bonds. The molecule has 12 nitrogen and oxygen atoms in total. The van der Waals surface area contributed by atoms with Crippen molar-refractivity contribution in [3.63, 3.8) is 0 Å². The molecule has 1 aromatic rings. The Bertz CT molecular complexity index is 883. The molecule has 0 unspecified atom stereocenters. The van der Waals surface area contributed by atoms with E-state index in [-0.39, 0.29) is 40.3 Å². The van der Waals surface area contributed by atoms with Gasteiger partial charge in [0, 0.05) is 17.3 Å². The van der Waals surface area contributed by atoms with Crippen molar-refractivity contribution in [1.29, 1.82) is 0 Å². The molecule has 2 aliphatic rings. The smallest absolute Gasteiger partial charge is 0.352 e. The van der Waals surface area contributed by atoms with Crippen LogP contribution in [0.4, 0.5) is 5.13 Å². The minimum absolute atomic E-state index is 0.0398. The lowest BCUT2D eigenvalue weighted by Gasteiger charge is -2.49. The van der Waals surface area contributed by atoms with Crippen molar-refractivity contribution in [2.24, 2.45) is 5.16 Å². The molecule has 0 spiro atoms. The lowest BCUT2D eigenvalue weighted by atomic mass is 10.0. The molecular formula is C14H16N6O6S2. The fourth-order valence-corrected chi connectivity index (χ4v) is 4.43. The zero-order valence-corrected chi connectivity index (χ0v) is 16.1. The van der Waals surface area contributed by atoms with Crippen molar-refractivity contribution in [1.82, 2.24) is 19.6 Å². The molecule has 150 valence electrons. The Kier molecular flexibility index (Phi) is 5.81. The highest BCUT2D eigenvalue weighted by Crippen LogP contribution is 2.40. The molecule has 1 fully saturated rings. The topological polar surface area (TPSA) is 180 Å². The fraction of sp³-hybridized carbons (Fsp3) is 0.429. The fourth-order valence-electron chi connectivity index (χ4n) is 2.66. The van der Waals surface area contributed by atoms with Gasteiger partial charge in [0.2, 0.25) is 11.5 Å². The van der Waals surface area contributed by atoms with Crippen molar-refractivity contribution in [3.8, 4) is 0 Å². The molecule has 1 saturated heterocycles. The van der Waals surface area contributed by atoms with E-state index in [0.717, 1.165) is 16.4 Å². The number of rotatable bonds is 7. The van der Waals surface area contributed by atoms with Gasteiger partial charge >= 0.3 is 5.97 Å². The maximum atomic E-state index is 12.6. The van der Waals surface area contributed by atoms with Crippen LogP contribution in [0.5, 0.6) is 0 Å². The van der Waals surface area contributed by atoms with Gasteiger partial charge < -0.3 is 26.1 Å². The zero-order chi connectivity index (χ0) is 20.4. The number of aromatic nitrogens is 2. The second-order valence-corrected chi connectivity index (χ2v) is 7.48. The van der Waals surface area contributed by atoms with Gasteiger partial charge in [-0.15, -0.1) is 11.8 Å². The molecule has 1 aromatic heterocycles. The lowest BCUT2D eigenvalue weighted by Crippen LogP contribution is -2.71. The number of nitrogens with zero attached hydrogens (tertiary/aromatic N) is 4. The molecule has 3 heterocycles. The molecule has 3 rings (SSSR count). The molecule has 0 bridgehead atoms. The standard InChI is InChI=1S/C14H16N6O6S2/c1-2-26-18-6(9-17-14(15)28-19-9)10(22)16-7-11(23)20-8(13(24)25)5(3-21)4-27-12(7)20/h7,12,21H,2-4H2,1H3,(H,16,22)(H,24,25)(H2,15,17,19)/b18-6-/t7-,12+/m1/s1. The van der Waals surface area contributed by atoms with Gasteiger partial charge in [0.05, 0.1) is 6.61 Å². The number of aliphatic carboxylic acids is 1. The molecule has 5 N–H and O–H groups in total. The second kappa shape index (κ2) is 8.12. The van der Waals surface area contributed by atoms with Crippen LogP contribution in [0, 0.1) is 0 Å². The number of nitrogen functional groups attached to an aromatic ring is 1. The van der Waals surface area contributed by atoms with Crippen molar-refractivity contribution >= 4 is 51.9 Å². The van der Waals surface area contributed by atoms with Gasteiger partial charge in [0.15, 0.2) is 5.13 Å². The van der Waals surface area contributed by atoms with Crippen molar-refractivity contribution in [3.05, 3.63) is 17.1 Å². The summed E-state index contributed by atoms with van der Waals surface area (Å²) in [5.74, 6) is -2.48. The van der Waals surface area contributed by atoms with Crippen LogP contribution in [0.25, 0.3) is 0 Å². The first-order chi connectivity index (χ1) is 13.4. The second-order valence-electron chi connectivity index (χ2n) is 5.59. The highest BCUT2D eigenvalue weighted by Gasteiger charge is 2.54. The molecular weight excluding hydrogens is 412 g/mol. The van der Waals surface area contributed by atoms with E-state index in [4.69, 9.17) is 10.6 Å². The number of carboxylic acid groups (broad SMARTS) is 1. The maximum absolute atomic E-state index is 12.6. The molecule has 0 aliphatic carbocycles. The number of carbonyl (C=O) groups is 3. The van der Waals surface area contributed by atoms with Gasteiger partial charge in [0.1, 0.15) is 23.7 Å². The van der Waals surface area contributed by atoms with E-state index in [1.165, 1.54) is 11.8 Å². The van der Waals surface area contributed by atoms with Crippen LogP contribution in [0.1, 0.15) is 12.7 Å². The van der Waals surface area contributed by atoms with Gasteiger partial charge in [-0.25, -0.2) is 4.79 Å².